The van der Waals surface area contributed by atoms with Gasteiger partial charge in [0.05, 0.1) is 23.2 Å². The number of carboxylic acids is 1. The first-order valence-electron chi connectivity index (χ1n) is 8.46. The van der Waals surface area contributed by atoms with Gasteiger partial charge in [0, 0.05) is 9.79 Å². The summed E-state index contributed by atoms with van der Waals surface area (Å²) in [6, 6.07) is 21.2. The molecular weight excluding hydrogens is 374 g/mol. The molecule has 0 saturated heterocycles. The average molecular weight is 389 g/mol. The zero-order valence-corrected chi connectivity index (χ0v) is 15.4. The second-order valence-electron chi connectivity index (χ2n) is 5.98. The first-order valence-corrected chi connectivity index (χ1v) is 9.27. The number of anilines is 2. The largest absolute Gasteiger partial charge is 0.478 e. The van der Waals surface area contributed by atoms with Crippen LogP contribution in [0.4, 0.5) is 16.2 Å². The van der Waals surface area contributed by atoms with Crippen LogP contribution in [0.25, 0.3) is 0 Å². The van der Waals surface area contributed by atoms with Crippen molar-refractivity contribution in [2.45, 2.75) is 9.79 Å². The van der Waals surface area contributed by atoms with Crippen molar-refractivity contribution in [3.63, 3.8) is 0 Å². The maximum absolute atomic E-state index is 12.9. The minimum Gasteiger partial charge on any atom is -0.478 e. The molecule has 1 aliphatic rings. The number of amides is 2. The van der Waals surface area contributed by atoms with Gasteiger partial charge in [-0.05, 0) is 42.0 Å². The molecular formula is C21H15N3O3S. The minimum atomic E-state index is -0.989. The van der Waals surface area contributed by atoms with Gasteiger partial charge in [-0.2, -0.15) is 5.10 Å². The molecule has 2 N–H and O–H groups in total. The number of aromatic carboxylic acids is 1. The Morgan fingerprint density at radius 2 is 1.46 bits per heavy atom. The minimum absolute atomic E-state index is 0.195. The van der Waals surface area contributed by atoms with Crippen LogP contribution < -0.4 is 10.3 Å². The van der Waals surface area contributed by atoms with Crippen molar-refractivity contribution in [3.05, 3.63) is 83.9 Å². The summed E-state index contributed by atoms with van der Waals surface area (Å²) < 4.78 is 0. The SMILES string of the molecule is O=C(O)c1ccc(/C=N/NC(=O)N2c3ccccc3Sc3ccccc32)cc1. The molecule has 6 nitrogen and oxygen atoms in total. The van der Waals surface area contributed by atoms with Crippen molar-refractivity contribution in [2.24, 2.45) is 5.10 Å². The summed E-state index contributed by atoms with van der Waals surface area (Å²) in [5.41, 5.74) is 5.02. The highest BCUT2D eigenvalue weighted by atomic mass is 32.2. The van der Waals surface area contributed by atoms with Crippen molar-refractivity contribution >= 4 is 41.4 Å². The topological polar surface area (TPSA) is 82.0 Å². The molecule has 1 heterocycles. The summed E-state index contributed by atoms with van der Waals surface area (Å²) in [6.45, 7) is 0. The predicted molar refractivity (Wildman–Crippen MR) is 109 cm³/mol. The molecule has 1 aliphatic heterocycles. The molecule has 28 heavy (non-hydrogen) atoms. The van der Waals surface area contributed by atoms with Gasteiger partial charge in [-0.3, -0.25) is 4.90 Å². The van der Waals surface area contributed by atoms with Crippen LogP contribution in [0.5, 0.6) is 0 Å². The number of hydrogen-bond acceptors (Lipinski definition) is 4. The summed E-state index contributed by atoms with van der Waals surface area (Å²) >= 11 is 1.62. The van der Waals surface area contributed by atoms with Gasteiger partial charge in [0.2, 0.25) is 0 Å². The Hall–Kier alpha value is -3.58. The number of nitrogens with zero attached hydrogens (tertiary/aromatic N) is 2. The summed E-state index contributed by atoms with van der Waals surface area (Å²) in [5.74, 6) is -0.989. The lowest BCUT2D eigenvalue weighted by atomic mass is 10.1. The number of para-hydroxylation sites is 2. The lowest BCUT2D eigenvalue weighted by Gasteiger charge is -2.30. The number of carbonyl (C=O) groups is 2. The van der Waals surface area contributed by atoms with Crippen LogP contribution >= 0.6 is 11.8 Å². The van der Waals surface area contributed by atoms with Crippen molar-refractivity contribution in [1.29, 1.82) is 0 Å². The first kappa shape index (κ1) is 17.8. The molecule has 4 rings (SSSR count). The van der Waals surface area contributed by atoms with Crippen molar-refractivity contribution in [2.75, 3.05) is 4.90 Å². The lowest BCUT2D eigenvalue weighted by Crippen LogP contribution is -2.35. The summed E-state index contributed by atoms with van der Waals surface area (Å²) in [6.07, 6.45) is 1.47. The van der Waals surface area contributed by atoms with E-state index in [4.69, 9.17) is 5.11 Å². The third-order valence-corrected chi connectivity index (χ3v) is 5.30. The van der Waals surface area contributed by atoms with Crippen LogP contribution in [-0.4, -0.2) is 23.3 Å². The summed E-state index contributed by atoms with van der Waals surface area (Å²) in [5, 5.41) is 12.9. The number of benzene rings is 3. The van der Waals surface area contributed by atoms with Crippen molar-refractivity contribution in [1.82, 2.24) is 5.43 Å². The predicted octanol–water partition coefficient (Wildman–Crippen LogP) is 4.73. The van der Waals surface area contributed by atoms with Crippen LogP contribution in [0.1, 0.15) is 15.9 Å². The second kappa shape index (κ2) is 7.58. The van der Waals surface area contributed by atoms with Crippen molar-refractivity contribution in [3.8, 4) is 0 Å². The van der Waals surface area contributed by atoms with Crippen LogP contribution in [0.15, 0.2) is 87.7 Å². The van der Waals surface area contributed by atoms with E-state index in [1.807, 2.05) is 48.5 Å². The van der Waals surface area contributed by atoms with E-state index < -0.39 is 5.97 Å². The Bertz CT molecular complexity index is 1030. The van der Waals surface area contributed by atoms with E-state index in [0.29, 0.717) is 5.56 Å². The molecule has 3 aromatic rings. The first-order chi connectivity index (χ1) is 13.6. The highest BCUT2D eigenvalue weighted by Gasteiger charge is 2.27. The maximum Gasteiger partial charge on any atom is 0.346 e. The van der Waals surface area contributed by atoms with Gasteiger partial charge < -0.3 is 5.11 Å². The van der Waals surface area contributed by atoms with Crippen molar-refractivity contribution < 1.29 is 14.7 Å². The second-order valence-corrected chi connectivity index (χ2v) is 7.06. The zero-order chi connectivity index (χ0) is 19.5. The van der Waals surface area contributed by atoms with Gasteiger partial charge in [0.25, 0.3) is 0 Å². The number of nitrogens with one attached hydrogen (secondary N) is 1. The molecule has 0 radical (unpaired) electrons. The number of urea groups is 1. The fourth-order valence-electron chi connectivity index (χ4n) is 2.85. The van der Waals surface area contributed by atoms with E-state index >= 15 is 0 Å². The number of hydrazone groups is 1. The number of fused-ring (bicyclic) bond motifs is 2. The van der Waals surface area contributed by atoms with E-state index in [1.54, 1.807) is 28.8 Å². The average Bonchev–Trinajstić information content (AvgIpc) is 2.72. The molecule has 0 fully saturated rings. The van der Waals surface area contributed by atoms with E-state index in [2.05, 4.69) is 10.5 Å². The monoisotopic (exact) mass is 389 g/mol. The van der Waals surface area contributed by atoms with Gasteiger partial charge in [-0.15, -0.1) is 0 Å². The smallest absolute Gasteiger partial charge is 0.346 e. The molecule has 0 spiro atoms. The van der Waals surface area contributed by atoms with E-state index in [-0.39, 0.29) is 11.6 Å². The zero-order valence-electron chi connectivity index (χ0n) is 14.6. The highest BCUT2D eigenvalue weighted by molar-refractivity contribution is 7.99. The quantitative estimate of drug-likeness (QED) is 0.501. The summed E-state index contributed by atoms with van der Waals surface area (Å²) in [7, 11) is 0. The molecule has 2 amide bonds. The number of rotatable bonds is 3. The van der Waals surface area contributed by atoms with E-state index in [1.165, 1.54) is 18.3 Å². The van der Waals surface area contributed by atoms with Crippen LogP contribution in [0, 0.1) is 0 Å². The molecule has 0 saturated carbocycles. The van der Waals surface area contributed by atoms with Gasteiger partial charge in [0.1, 0.15) is 0 Å². The lowest BCUT2D eigenvalue weighted by molar-refractivity contribution is 0.0697. The molecule has 0 atom stereocenters. The Labute approximate surface area is 165 Å². The van der Waals surface area contributed by atoms with Crippen LogP contribution in [0.3, 0.4) is 0 Å². The highest BCUT2D eigenvalue weighted by Crippen LogP contribution is 2.47. The van der Waals surface area contributed by atoms with Gasteiger partial charge >= 0.3 is 12.0 Å². The van der Waals surface area contributed by atoms with Gasteiger partial charge in [-0.25, -0.2) is 15.0 Å². The Balaban J connectivity index is 1.56. The number of carbonyl (C=O) groups excluding carboxylic acids is 1. The molecule has 7 heteroatoms. The third-order valence-electron chi connectivity index (χ3n) is 4.17. The van der Waals surface area contributed by atoms with E-state index in [9.17, 15) is 9.59 Å². The van der Waals surface area contributed by atoms with Crippen LogP contribution in [0.2, 0.25) is 0 Å². The Morgan fingerprint density at radius 3 is 2.04 bits per heavy atom. The molecule has 138 valence electrons. The molecule has 0 bridgehead atoms. The third kappa shape index (κ3) is 3.47. The fraction of sp³-hybridized carbons (Fsp3) is 0. The molecule has 3 aromatic carbocycles. The maximum atomic E-state index is 12.9. The van der Waals surface area contributed by atoms with Gasteiger partial charge in [0.15, 0.2) is 0 Å². The van der Waals surface area contributed by atoms with E-state index in [0.717, 1.165) is 21.2 Å². The van der Waals surface area contributed by atoms with Crippen LogP contribution in [-0.2, 0) is 0 Å². The number of hydrogen-bond donors (Lipinski definition) is 2. The molecule has 0 unspecified atom stereocenters. The standard InChI is InChI=1S/C21H15N3O3S/c25-20(26)15-11-9-14(10-12-15)13-22-23-21(27)24-16-5-1-3-7-18(16)28-19-8-4-2-6-17(19)24/h1-13H,(H,23,27)(H,25,26)/b22-13+. The number of carboxylic acid groups (broad SMARTS) is 1. The Morgan fingerprint density at radius 1 is 0.893 bits per heavy atom. The Kier molecular flexibility index (Phi) is 4.82. The molecule has 0 aromatic heterocycles. The fourth-order valence-corrected chi connectivity index (χ4v) is 3.91. The van der Waals surface area contributed by atoms with Gasteiger partial charge in [-0.1, -0.05) is 48.2 Å². The molecule has 0 aliphatic carbocycles. The summed E-state index contributed by atoms with van der Waals surface area (Å²) in [4.78, 5) is 27.3. The normalized spacial score (nSPS) is 12.4.